The molecule has 2 heterocycles. The normalized spacial score (nSPS) is 10.9. The van der Waals surface area contributed by atoms with Crippen LogP contribution in [0, 0.1) is 13.8 Å². The van der Waals surface area contributed by atoms with Crippen molar-refractivity contribution in [2.45, 2.75) is 30.5 Å². The molecule has 0 aliphatic carbocycles. The number of carbonyl (C=O) groups excluding carboxylic acids is 2. The number of hydrazine groups is 1. The summed E-state index contributed by atoms with van der Waals surface area (Å²) in [6.45, 7) is 3.79. The van der Waals surface area contributed by atoms with Crippen LogP contribution >= 0.6 is 23.1 Å². The molecule has 0 fully saturated rings. The van der Waals surface area contributed by atoms with Gasteiger partial charge in [-0.1, -0.05) is 36.0 Å². The summed E-state index contributed by atoms with van der Waals surface area (Å²) in [5.74, 6) is 0.0525. The van der Waals surface area contributed by atoms with Gasteiger partial charge in [-0.15, -0.1) is 11.3 Å². The monoisotopic (exact) mass is 451 g/mol. The molecule has 0 bridgehead atoms. The van der Waals surface area contributed by atoms with Gasteiger partial charge in [-0.2, -0.15) is 5.10 Å². The standard InChI is InChI=1S/C22H21N5O2S2/c1-14-11-15(2)27(26-14)12-20(28)24-25-21(29)17-9-7-16(8-10-17)13-30-22-23-18-5-3-4-6-19(18)31-22/h3-11H,12-13H2,1-2H3,(H,24,28)(H,25,29). The molecule has 31 heavy (non-hydrogen) atoms. The van der Waals surface area contributed by atoms with Crippen LogP contribution in [0.5, 0.6) is 0 Å². The maximum Gasteiger partial charge on any atom is 0.269 e. The van der Waals surface area contributed by atoms with E-state index in [1.807, 2.05) is 50.2 Å². The van der Waals surface area contributed by atoms with Crippen molar-refractivity contribution in [3.05, 3.63) is 77.1 Å². The second-order valence-corrected chi connectivity index (χ2v) is 9.27. The highest BCUT2D eigenvalue weighted by atomic mass is 32.2. The molecule has 0 spiro atoms. The van der Waals surface area contributed by atoms with Crippen LogP contribution in [0.1, 0.15) is 27.3 Å². The quantitative estimate of drug-likeness (QED) is 0.343. The van der Waals surface area contributed by atoms with Crippen molar-refractivity contribution >= 4 is 45.1 Å². The summed E-state index contributed by atoms with van der Waals surface area (Å²) < 4.78 is 3.79. The van der Waals surface area contributed by atoms with E-state index in [1.165, 1.54) is 4.70 Å². The summed E-state index contributed by atoms with van der Waals surface area (Å²) in [5, 5.41) is 4.23. The molecule has 4 rings (SSSR count). The first-order valence-corrected chi connectivity index (χ1v) is 11.5. The molecule has 4 aromatic rings. The SMILES string of the molecule is Cc1cc(C)n(CC(=O)NNC(=O)c2ccc(CSc3nc4ccccc4s3)cc2)n1. The molecule has 0 unspecified atom stereocenters. The smallest absolute Gasteiger partial charge is 0.269 e. The van der Waals surface area contributed by atoms with E-state index in [9.17, 15) is 9.59 Å². The molecule has 2 N–H and O–H groups in total. The van der Waals surface area contributed by atoms with Crippen LogP contribution in [0.15, 0.2) is 58.9 Å². The number of hydrogen-bond acceptors (Lipinski definition) is 6. The van der Waals surface area contributed by atoms with E-state index in [0.29, 0.717) is 5.56 Å². The van der Waals surface area contributed by atoms with Gasteiger partial charge >= 0.3 is 0 Å². The summed E-state index contributed by atoms with van der Waals surface area (Å²) >= 11 is 3.35. The van der Waals surface area contributed by atoms with Gasteiger partial charge in [0.05, 0.1) is 15.9 Å². The largest absolute Gasteiger partial charge is 0.271 e. The molecular formula is C22H21N5O2S2. The average molecular weight is 452 g/mol. The number of carbonyl (C=O) groups is 2. The summed E-state index contributed by atoms with van der Waals surface area (Å²) in [6, 6.07) is 17.3. The zero-order valence-electron chi connectivity index (χ0n) is 17.1. The number of nitrogens with zero attached hydrogens (tertiary/aromatic N) is 3. The van der Waals surface area contributed by atoms with Gasteiger partial charge in [-0.05, 0) is 49.7 Å². The summed E-state index contributed by atoms with van der Waals surface area (Å²) in [4.78, 5) is 29.0. The fourth-order valence-electron chi connectivity index (χ4n) is 3.02. The van der Waals surface area contributed by atoms with Crippen LogP contribution in [0.3, 0.4) is 0 Å². The van der Waals surface area contributed by atoms with Crippen LogP contribution in [0.4, 0.5) is 0 Å². The number of hydrogen-bond donors (Lipinski definition) is 2. The number of para-hydroxylation sites is 1. The van der Waals surface area contributed by atoms with Gasteiger partial charge in [0, 0.05) is 17.0 Å². The summed E-state index contributed by atoms with van der Waals surface area (Å²) in [5.41, 5.74) is 9.18. The van der Waals surface area contributed by atoms with E-state index in [1.54, 1.807) is 39.9 Å². The molecule has 0 atom stereocenters. The lowest BCUT2D eigenvalue weighted by molar-refractivity contribution is -0.122. The maximum atomic E-state index is 12.3. The molecule has 2 amide bonds. The first-order valence-electron chi connectivity index (χ1n) is 9.65. The number of fused-ring (bicyclic) bond motifs is 1. The zero-order chi connectivity index (χ0) is 21.8. The van der Waals surface area contributed by atoms with E-state index in [2.05, 4.69) is 27.0 Å². The Morgan fingerprint density at radius 3 is 2.55 bits per heavy atom. The van der Waals surface area contributed by atoms with E-state index in [4.69, 9.17) is 0 Å². The highest BCUT2D eigenvalue weighted by Gasteiger charge is 2.10. The predicted octanol–water partition coefficient (Wildman–Crippen LogP) is 3.86. The van der Waals surface area contributed by atoms with Crippen molar-refractivity contribution in [3.8, 4) is 0 Å². The van der Waals surface area contributed by atoms with Crippen molar-refractivity contribution in [3.63, 3.8) is 0 Å². The van der Waals surface area contributed by atoms with E-state index in [-0.39, 0.29) is 18.4 Å². The van der Waals surface area contributed by atoms with Crippen LogP contribution in [-0.4, -0.2) is 26.6 Å². The lowest BCUT2D eigenvalue weighted by Crippen LogP contribution is -2.43. The van der Waals surface area contributed by atoms with Crippen LogP contribution in [-0.2, 0) is 17.1 Å². The Morgan fingerprint density at radius 1 is 1.06 bits per heavy atom. The Kier molecular flexibility index (Phi) is 6.34. The van der Waals surface area contributed by atoms with Gasteiger partial charge in [0.25, 0.3) is 11.8 Å². The second-order valence-electron chi connectivity index (χ2n) is 7.02. The molecule has 0 aliphatic heterocycles. The van der Waals surface area contributed by atoms with Crippen molar-refractivity contribution in [2.75, 3.05) is 0 Å². The van der Waals surface area contributed by atoms with Gasteiger partial charge in [0.15, 0.2) is 4.34 Å². The van der Waals surface area contributed by atoms with Crippen LogP contribution in [0.25, 0.3) is 10.2 Å². The molecule has 2 aromatic heterocycles. The second kappa shape index (κ2) is 9.32. The molecule has 0 radical (unpaired) electrons. The third-order valence-electron chi connectivity index (χ3n) is 4.56. The molecule has 158 valence electrons. The lowest BCUT2D eigenvalue weighted by Gasteiger charge is -2.09. The maximum absolute atomic E-state index is 12.3. The van der Waals surface area contributed by atoms with E-state index >= 15 is 0 Å². The Bertz CT molecular complexity index is 1200. The number of nitrogens with one attached hydrogen (secondary N) is 2. The lowest BCUT2D eigenvalue weighted by atomic mass is 10.1. The number of benzene rings is 2. The zero-order valence-corrected chi connectivity index (χ0v) is 18.7. The molecule has 2 aromatic carbocycles. The van der Waals surface area contributed by atoms with Crippen molar-refractivity contribution in [2.24, 2.45) is 0 Å². The number of aromatic nitrogens is 3. The predicted molar refractivity (Wildman–Crippen MR) is 123 cm³/mol. The van der Waals surface area contributed by atoms with Gasteiger partial charge in [-0.25, -0.2) is 4.98 Å². The molecule has 0 saturated carbocycles. The Labute approximate surface area is 187 Å². The Morgan fingerprint density at radius 2 is 1.84 bits per heavy atom. The van der Waals surface area contributed by atoms with Gasteiger partial charge in [-0.3, -0.25) is 25.1 Å². The number of aryl methyl sites for hydroxylation is 2. The number of amides is 2. The topological polar surface area (TPSA) is 88.9 Å². The Hall–Kier alpha value is -3.17. The summed E-state index contributed by atoms with van der Waals surface area (Å²) in [7, 11) is 0. The first-order chi connectivity index (χ1) is 15.0. The van der Waals surface area contributed by atoms with Crippen molar-refractivity contribution in [1.82, 2.24) is 25.6 Å². The Balaban J connectivity index is 1.27. The minimum atomic E-state index is -0.368. The fourth-order valence-corrected chi connectivity index (χ4v) is 5.04. The molecule has 9 heteroatoms. The van der Waals surface area contributed by atoms with Gasteiger partial charge < -0.3 is 0 Å². The number of thiazole rings is 1. The van der Waals surface area contributed by atoms with Crippen molar-refractivity contribution in [1.29, 1.82) is 0 Å². The minimum absolute atomic E-state index is 0.0435. The number of rotatable bonds is 6. The third-order valence-corrected chi connectivity index (χ3v) is 6.82. The molecule has 7 nitrogen and oxygen atoms in total. The molecule has 0 saturated heterocycles. The highest BCUT2D eigenvalue weighted by Crippen LogP contribution is 2.31. The van der Waals surface area contributed by atoms with E-state index in [0.717, 1.165) is 32.6 Å². The minimum Gasteiger partial charge on any atom is -0.271 e. The first kappa shape index (κ1) is 21.1. The van der Waals surface area contributed by atoms with Crippen LogP contribution < -0.4 is 10.9 Å². The third kappa shape index (κ3) is 5.31. The van der Waals surface area contributed by atoms with Crippen molar-refractivity contribution < 1.29 is 9.59 Å². The number of thioether (sulfide) groups is 1. The van der Waals surface area contributed by atoms with Gasteiger partial charge in [0.2, 0.25) is 0 Å². The van der Waals surface area contributed by atoms with Gasteiger partial charge in [0.1, 0.15) is 6.54 Å². The molecular weight excluding hydrogens is 430 g/mol. The highest BCUT2D eigenvalue weighted by molar-refractivity contribution is 8.00. The van der Waals surface area contributed by atoms with Crippen LogP contribution in [0.2, 0.25) is 0 Å². The summed E-state index contributed by atoms with van der Waals surface area (Å²) in [6.07, 6.45) is 0. The average Bonchev–Trinajstić information content (AvgIpc) is 3.32. The molecule has 0 aliphatic rings. The fraction of sp³-hybridized carbons (Fsp3) is 0.182. The van der Waals surface area contributed by atoms with E-state index < -0.39 is 0 Å².